The molecule has 4 heterocycles. The molecule has 0 aliphatic carbocycles. The average Bonchev–Trinajstić information content (AvgIpc) is 3.41. The van der Waals surface area contributed by atoms with Crippen molar-refractivity contribution in [2.24, 2.45) is 0 Å². The fraction of sp³-hybridized carbons (Fsp3) is 0. The van der Waals surface area contributed by atoms with Crippen molar-refractivity contribution < 1.29 is 0 Å². The van der Waals surface area contributed by atoms with E-state index in [2.05, 4.69) is 16.4 Å². The zero-order valence-corrected chi connectivity index (χ0v) is 15.2. The van der Waals surface area contributed by atoms with Crippen LogP contribution in [0.2, 0.25) is 0 Å². The van der Waals surface area contributed by atoms with Crippen LogP contribution in [0.4, 0.5) is 11.6 Å². The van der Waals surface area contributed by atoms with E-state index in [1.165, 1.54) is 0 Å². The second kappa shape index (κ2) is 6.36. The minimum atomic E-state index is 0.560. The number of thiophene rings is 2. The number of fused-ring (bicyclic) bond motifs is 1. The Morgan fingerprint density at radius 2 is 1.58 bits per heavy atom. The third-order valence-corrected chi connectivity index (χ3v) is 5.63. The van der Waals surface area contributed by atoms with E-state index in [1.807, 2.05) is 69.9 Å². The molecule has 7 heteroatoms. The third kappa shape index (κ3) is 2.77. The second-order valence-electron chi connectivity index (χ2n) is 5.62. The molecule has 26 heavy (non-hydrogen) atoms. The predicted octanol–water partition coefficient (Wildman–Crippen LogP) is 5.32. The maximum absolute atomic E-state index is 4.74. The summed E-state index contributed by atoms with van der Waals surface area (Å²) >= 11 is 3.30. The number of nitrogens with zero attached hydrogens (tertiary/aromatic N) is 4. The average molecular weight is 375 g/mol. The fourth-order valence-electron chi connectivity index (χ4n) is 2.70. The standard InChI is InChI=1S/C19H13N5S2/c1-2-6-13(7-3-1)20-19-21-17-12-14(15-8-4-10-25-15)23-24(17)18(22-19)16-9-5-11-26-16/h1-12H,(H,20,21). The van der Waals surface area contributed by atoms with Gasteiger partial charge in [0.1, 0.15) is 5.69 Å². The summed E-state index contributed by atoms with van der Waals surface area (Å²) in [4.78, 5) is 11.6. The van der Waals surface area contributed by atoms with Crippen LogP contribution in [0.25, 0.3) is 26.9 Å². The summed E-state index contributed by atoms with van der Waals surface area (Å²) in [5, 5.41) is 12.1. The largest absolute Gasteiger partial charge is 0.324 e. The van der Waals surface area contributed by atoms with Crippen molar-refractivity contribution in [1.82, 2.24) is 19.6 Å². The highest BCUT2D eigenvalue weighted by molar-refractivity contribution is 7.13. The van der Waals surface area contributed by atoms with Gasteiger partial charge in [-0.2, -0.15) is 19.6 Å². The van der Waals surface area contributed by atoms with Gasteiger partial charge in [0.05, 0.1) is 9.75 Å². The molecule has 1 N–H and O–H groups in total. The number of hydrogen-bond donors (Lipinski definition) is 1. The van der Waals surface area contributed by atoms with Crippen molar-refractivity contribution in [2.45, 2.75) is 0 Å². The minimum Gasteiger partial charge on any atom is -0.324 e. The van der Waals surface area contributed by atoms with E-state index < -0.39 is 0 Å². The molecule has 4 aromatic heterocycles. The number of nitrogens with one attached hydrogen (secondary N) is 1. The molecule has 0 bridgehead atoms. The quantitative estimate of drug-likeness (QED) is 0.462. The van der Waals surface area contributed by atoms with Gasteiger partial charge in [-0.25, -0.2) is 0 Å². The maximum Gasteiger partial charge on any atom is 0.231 e. The van der Waals surface area contributed by atoms with Crippen molar-refractivity contribution in [3.63, 3.8) is 0 Å². The summed E-state index contributed by atoms with van der Waals surface area (Å²) in [7, 11) is 0. The van der Waals surface area contributed by atoms with E-state index in [4.69, 9.17) is 10.1 Å². The molecule has 5 aromatic rings. The summed E-state index contributed by atoms with van der Waals surface area (Å²) in [6.07, 6.45) is 0. The molecule has 0 atom stereocenters. The first-order valence-electron chi connectivity index (χ1n) is 8.04. The highest BCUT2D eigenvalue weighted by Gasteiger charge is 2.15. The normalized spacial score (nSPS) is 11.1. The van der Waals surface area contributed by atoms with Crippen molar-refractivity contribution in [3.8, 4) is 21.3 Å². The van der Waals surface area contributed by atoms with Crippen LogP contribution in [0.3, 0.4) is 0 Å². The van der Waals surface area contributed by atoms with Gasteiger partial charge in [0.25, 0.3) is 0 Å². The van der Waals surface area contributed by atoms with Crippen molar-refractivity contribution in [1.29, 1.82) is 0 Å². The second-order valence-corrected chi connectivity index (χ2v) is 7.51. The summed E-state index contributed by atoms with van der Waals surface area (Å²) in [6, 6.07) is 20.1. The Labute approximate surface area is 157 Å². The van der Waals surface area contributed by atoms with Gasteiger partial charge in [-0.1, -0.05) is 30.3 Å². The molecule has 0 amide bonds. The lowest BCUT2D eigenvalue weighted by Crippen LogP contribution is -2.04. The molecule has 5 rings (SSSR count). The molecular weight excluding hydrogens is 362 g/mol. The zero-order chi connectivity index (χ0) is 17.3. The summed E-state index contributed by atoms with van der Waals surface area (Å²) in [5.41, 5.74) is 2.63. The molecule has 0 saturated carbocycles. The Morgan fingerprint density at radius 1 is 0.808 bits per heavy atom. The number of para-hydroxylation sites is 1. The van der Waals surface area contributed by atoms with Gasteiger partial charge >= 0.3 is 0 Å². The molecule has 0 saturated heterocycles. The van der Waals surface area contributed by atoms with E-state index in [0.717, 1.165) is 32.6 Å². The van der Waals surface area contributed by atoms with Gasteiger partial charge in [-0.05, 0) is 35.0 Å². The van der Waals surface area contributed by atoms with Crippen LogP contribution >= 0.6 is 22.7 Å². The first-order chi connectivity index (χ1) is 12.9. The molecular formula is C19H13N5S2. The van der Waals surface area contributed by atoms with Crippen LogP contribution in [-0.4, -0.2) is 19.6 Å². The Hall–Kier alpha value is -3.03. The summed E-state index contributed by atoms with van der Waals surface area (Å²) in [6.45, 7) is 0. The molecule has 0 fully saturated rings. The van der Waals surface area contributed by atoms with Crippen molar-refractivity contribution in [2.75, 3.05) is 5.32 Å². The molecule has 0 aliphatic heterocycles. The van der Waals surface area contributed by atoms with Crippen molar-refractivity contribution >= 4 is 40.0 Å². The lowest BCUT2D eigenvalue weighted by atomic mass is 10.3. The monoisotopic (exact) mass is 375 g/mol. The SMILES string of the molecule is c1ccc(Nc2nc(-c3cccs3)n3nc(-c4cccs4)cc3n2)cc1. The number of rotatable bonds is 4. The van der Waals surface area contributed by atoms with Gasteiger partial charge in [0, 0.05) is 11.8 Å². The van der Waals surface area contributed by atoms with Crippen LogP contribution in [0.15, 0.2) is 71.4 Å². The number of aromatic nitrogens is 4. The van der Waals surface area contributed by atoms with Gasteiger partial charge in [-0.3, -0.25) is 0 Å². The molecule has 0 unspecified atom stereocenters. The number of benzene rings is 1. The molecule has 126 valence electrons. The summed E-state index contributed by atoms with van der Waals surface area (Å²) < 4.78 is 1.82. The topological polar surface area (TPSA) is 55.1 Å². The Kier molecular flexibility index (Phi) is 3.73. The van der Waals surface area contributed by atoms with Gasteiger partial charge < -0.3 is 5.32 Å². The van der Waals surface area contributed by atoms with Crippen LogP contribution < -0.4 is 5.32 Å². The van der Waals surface area contributed by atoms with Crippen LogP contribution in [0, 0.1) is 0 Å². The van der Waals surface area contributed by atoms with Gasteiger partial charge in [0.15, 0.2) is 11.5 Å². The lowest BCUT2D eigenvalue weighted by Gasteiger charge is -2.07. The molecule has 0 radical (unpaired) electrons. The maximum atomic E-state index is 4.74. The highest BCUT2D eigenvalue weighted by atomic mass is 32.1. The van der Waals surface area contributed by atoms with Gasteiger partial charge in [0.2, 0.25) is 5.95 Å². The minimum absolute atomic E-state index is 0.560. The fourth-order valence-corrected chi connectivity index (χ4v) is 4.08. The first-order valence-corrected chi connectivity index (χ1v) is 9.80. The third-order valence-electron chi connectivity index (χ3n) is 3.87. The molecule has 1 aromatic carbocycles. The Balaban J connectivity index is 1.67. The van der Waals surface area contributed by atoms with Crippen LogP contribution in [-0.2, 0) is 0 Å². The Morgan fingerprint density at radius 3 is 2.31 bits per heavy atom. The van der Waals surface area contributed by atoms with E-state index in [1.54, 1.807) is 22.7 Å². The highest BCUT2D eigenvalue weighted by Crippen LogP contribution is 2.29. The van der Waals surface area contributed by atoms with Crippen LogP contribution in [0.5, 0.6) is 0 Å². The number of hydrogen-bond acceptors (Lipinski definition) is 6. The Bertz CT molecular complexity index is 1150. The predicted molar refractivity (Wildman–Crippen MR) is 107 cm³/mol. The zero-order valence-electron chi connectivity index (χ0n) is 13.5. The van der Waals surface area contributed by atoms with Crippen LogP contribution in [0.1, 0.15) is 0 Å². The summed E-state index contributed by atoms with van der Waals surface area (Å²) in [5.74, 6) is 1.34. The number of anilines is 2. The molecule has 5 nitrogen and oxygen atoms in total. The van der Waals surface area contributed by atoms with E-state index in [0.29, 0.717) is 5.95 Å². The van der Waals surface area contributed by atoms with Gasteiger partial charge in [-0.15, -0.1) is 22.7 Å². The lowest BCUT2D eigenvalue weighted by molar-refractivity contribution is 0.914. The molecule has 0 spiro atoms. The smallest absolute Gasteiger partial charge is 0.231 e. The van der Waals surface area contributed by atoms with Crippen molar-refractivity contribution in [3.05, 3.63) is 71.4 Å². The first kappa shape index (κ1) is 15.2. The van der Waals surface area contributed by atoms with E-state index in [9.17, 15) is 0 Å². The van der Waals surface area contributed by atoms with E-state index >= 15 is 0 Å². The molecule has 0 aliphatic rings. The van der Waals surface area contributed by atoms with E-state index in [-0.39, 0.29) is 0 Å².